The van der Waals surface area contributed by atoms with Crippen molar-refractivity contribution in [3.8, 4) is 0 Å². The maximum absolute atomic E-state index is 5.68. The Hall–Kier alpha value is -1.62. The van der Waals surface area contributed by atoms with Crippen LogP contribution in [0.25, 0.3) is 5.65 Å². The molecule has 1 aliphatic carbocycles. The third kappa shape index (κ3) is 1.22. The monoisotopic (exact) mass is 189 g/mol. The van der Waals surface area contributed by atoms with Gasteiger partial charge < -0.3 is 11.1 Å². The lowest BCUT2D eigenvalue weighted by atomic mass is 10.5. The lowest BCUT2D eigenvalue weighted by Gasteiger charge is -1.95. The second-order valence-corrected chi connectivity index (χ2v) is 3.59. The van der Waals surface area contributed by atoms with Gasteiger partial charge in [0.05, 0.1) is 0 Å². The van der Waals surface area contributed by atoms with Gasteiger partial charge in [-0.05, 0) is 18.6 Å². The van der Waals surface area contributed by atoms with Gasteiger partial charge in [0.1, 0.15) is 0 Å². The number of anilines is 1. The van der Waals surface area contributed by atoms with Gasteiger partial charge in [0.2, 0.25) is 5.95 Å². The molecular formula is C9H11N5. The van der Waals surface area contributed by atoms with Crippen LogP contribution >= 0.6 is 0 Å². The summed E-state index contributed by atoms with van der Waals surface area (Å²) >= 11 is 0. The van der Waals surface area contributed by atoms with Crippen LogP contribution in [0.3, 0.4) is 0 Å². The van der Waals surface area contributed by atoms with Crippen molar-refractivity contribution in [1.29, 1.82) is 0 Å². The molecule has 0 radical (unpaired) electrons. The molecule has 5 nitrogen and oxygen atoms in total. The molecule has 0 spiro atoms. The summed E-state index contributed by atoms with van der Waals surface area (Å²) in [6, 6.07) is 6.41. The molecule has 2 unspecified atom stereocenters. The Morgan fingerprint density at radius 2 is 2.36 bits per heavy atom. The molecule has 2 heterocycles. The number of pyridine rings is 1. The van der Waals surface area contributed by atoms with Gasteiger partial charge >= 0.3 is 0 Å². The van der Waals surface area contributed by atoms with Crippen LogP contribution < -0.4 is 11.1 Å². The summed E-state index contributed by atoms with van der Waals surface area (Å²) in [5.74, 6) is 0.661. The lowest BCUT2D eigenvalue weighted by molar-refractivity contribution is 0.935. The second kappa shape index (κ2) is 2.68. The highest BCUT2D eigenvalue weighted by Crippen LogP contribution is 2.22. The first-order chi connectivity index (χ1) is 6.83. The van der Waals surface area contributed by atoms with Crippen LogP contribution in [0.5, 0.6) is 0 Å². The Morgan fingerprint density at radius 3 is 3.07 bits per heavy atom. The molecule has 1 saturated carbocycles. The van der Waals surface area contributed by atoms with E-state index in [0.29, 0.717) is 12.0 Å². The molecule has 72 valence electrons. The van der Waals surface area contributed by atoms with Crippen LogP contribution in [-0.4, -0.2) is 26.7 Å². The minimum absolute atomic E-state index is 0.265. The minimum atomic E-state index is 0.265. The first-order valence-electron chi connectivity index (χ1n) is 4.66. The molecule has 0 aliphatic heterocycles. The van der Waals surface area contributed by atoms with E-state index in [1.165, 1.54) is 0 Å². The molecule has 2 aromatic heterocycles. The quantitative estimate of drug-likeness (QED) is 0.710. The molecule has 3 rings (SSSR count). The fraction of sp³-hybridized carbons (Fsp3) is 0.333. The van der Waals surface area contributed by atoms with Gasteiger partial charge in [-0.2, -0.15) is 4.98 Å². The largest absolute Gasteiger partial charge is 0.349 e. The van der Waals surface area contributed by atoms with Crippen molar-refractivity contribution in [3.05, 3.63) is 24.4 Å². The van der Waals surface area contributed by atoms with Gasteiger partial charge in [-0.25, -0.2) is 4.52 Å². The summed E-state index contributed by atoms with van der Waals surface area (Å²) < 4.78 is 1.75. The average Bonchev–Trinajstić information content (AvgIpc) is 2.74. The van der Waals surface area contributed by atoms with Gasteiger partial charge in [0.25, 0.3) is 0 Å². The van der Waals surface area contributed by atoms with Crippen LogP contribution in [0.4, 0.5) is 5.95 Å². The number of hydrogen-bond donors (Lipinski definition) is 2. The van der Waals surface area contributed by atoms with Crippen LogP contribution in [0.2, 0.25) is 0 Å². The molecule has 5 heteroatoms. The second-order valence-electron chi connectivity index (χ2n) is 3.59. The summed E-state index contributed by atoms with van der Waals surface area (Å²) in [6.45, 7) is 0. The lowest BCUT2D eigenvalue weighted by Crippen LogP contribution is -2.13. The first kappa shape index (κ1) is 7.75. The molecule has 1 fully saturated rings. The topological polar surface area (TPSA) is 68.2 Å². The number of rotatable bonds is 2. The van der Waals surface area contributed by atoms with E-state index in [9.17, 15) is 0 Å². The van der Waals surface area contributed by atoms with Gasteiger partial charge in [-0.15, -0.1) is 5.10 Å². The van der Waals surface area contributed by atoms with E-state index in [0.717, 1.165) is 12.1 Å². The molecular weight excluding hydrogens is 178 g/mol. The third-order valence-corrected chi connectivity index (χ3v) is 2.40. The molecule has 0 saturated heterocycles. The van der Waals surface area contributed by atoms with Crippen molar-refractivity contribution in [2.24, 2.45) is 5.73 Å². The fourth-order valence-corrected chi connectivity index (χ4v) is 1.44. The van der Waals surface area contributed by atoms with E-state index >= 15 is 0 Å². The highest BCUT2D eigenvalue weighted by Gasteiger charge is 2.34. The van der Waals surface area contributed by atoms with E-state index < -0.39 is 0 Å². The Morgan fingerprint density at radius 1 is 1.50 bits per heavy atom. The summed E-state index contributed by atoms with van der Waals surface area (Å²) in [4.78, 5) is 4.31. The maximum Gasteiger partial charge on any atom is 0.243 e. The number of nitrogens with zero attached hydrogens (tertiary/aromatic N) is 3. The normalized spacial score (nSPS) is 25.2. The van der Waals surface area contributed by atoms with Crippen molar-refractivity contribution < 1.29 is 0 Å². The highest BCUT2D eigenvalue weighted by molar-refractivity contribution is 5.44. The van der Waals surface area contributed by atoms with Crippen LogP contribution in [0.1, 0.15) is 6.42 Å². The minimum Gasteiger partial charge on any atom is -0.349 e. The molecule has 3 N–H and O–H groups in total. The van der Waals surface area contributed by atoms with Crippen LogP contribution in [0.15, 0.2) is 24.4 Å². The number of nitrogens with one attached hydrogen (secondary N) is 1. The molecule has 14 heavy (non-hydrogen) atoms. The Balaban J connectivity index is 1.90. The van der Waals surface area contributed by atoms with Crippen molar-refractivity contribution in [2.45, 2.75) is 18.5 Å². The van der Waals surface area contributed by atoms with Gasteiger partial charge in [-0.3, -0.25) is 0 Å². The molecule has 0 bridgehead atoms. The number of nitrogens with two attached hydrogens (primary N) is 1. The van der Waals surface area contributed by atoms with E-state index in [2.05, 4.69) is 15.4 Å². The summed E-state index contributed by atoms with van der Waals surface area (Å²) in [6.07, 6.45) is 2.88. The van der Waals surface area contributed by atoms with Gasteiger partial charge in [0.15, 0.2) is 5.65 Å². The number of hydrogen-bond acceptors (Lipinski definition) is 4. The summed E-state index contributed by atoms with van der Waals surface area (Å²) in [5, 5.41) is 7.45. The average molecular weight is 189 g/mol. The number of fused-ring (bicyclic) bond motifs is 1. The summed E-state index contributed by atoms with van der Waals surface area (Å²) in [5.41, 5.74) is 6.53. The molecule has 2 aromatic rings. The fourth-order valence-electron chi connectivity index (χ4n) is 1.44. The first-order valence-corrected chi connectivity index (χ1v) is 4.66. The SMILES string of the molecule is NC1CC1Nc1nc2ccccn2n1. The van der Waals surface area contributed by atoms with E-state index in [4.69, 9.17) is 5.73 Å². The van der Waals surface area contributed by atoms with E-state index in [-0.39, 0.29) is 6.04 Å². The zero-order chi connectivity index (χ0) is 9.54. The molecule has 0 aromatic carbocycles. The zero-order valence-electron chi connectivity index (χ0n) is 7.59. The van der Waals surface area contributed by atoms with Crippen LogP contribution in [-0.2, 0) is 0 Å². The van der Waals surface area contributed by atoms with Crippen molar-refractivity contribution >= 4 is 11.6 Å². The van der Waals surface area contributed by atoms with Crippen molar-refractivity contribution in [3.63, 3.8) is 0 Å². The standard InChI is InChI=1S/C9H11N5/c10-6-5-7(6)11-9-12-8-3-1-2-4-14(8)13-9/h1-4,6-7H,5,10H2,(H,11,13). The zero-order valence-corrected chi connectivity index (χ0v) is 7.59. The Kier molecular flexibility index (Phi) is 1.49. The van der Waals surface area contributed by atoms with E-state index in [1.807, 2.05) is 24.4 Å². The highest BCUT2D eigenvalue weighted by atomic mass is 15.4. The Labute approximate surface area is 80.9 Å². The predicted molar refractivity (Wildman–Crippen MR) is 53.0 cm³/mol. The third-order valence-electron chi connectivity index (χ3n) is 2.40. The summed E-state index contributed by atoms with van der Waals surface area (Å²) in [7, 11) is 0. The van der Waals surface area contributed by atoms with Crippen molar-refractivity contribution in [2.75, 3.05) is 5.32 Å². The number of aromatic nitrogens is 3. The van der Waals surface area contributed by atoms with Crippen LogP contribution in [0, 0.1) is 0 Å². The van der Waals surface area contributed by atoms with E-state index in [1.54, 1.807) is 4.52 Å². The maximum atomic E-state index is 5.68. The Bertz CT molecular complexity index is 430. The molecule has 0 amide bonds. The van der Waals surface area contributed by atoms with Crippen molar-refractivity contribution in [1.82, 2.24) is 14.6 Å². The van der Waals surface area contributed by atoms with Gasteiger partial charge in [0, 0.05) is 18.3 Å². The van der Waals surface area contributed by atoms with Gasteiger partial charge in [-0.1, -0.05) is 6.07 Å². The smallest absolute Gasteiger partial charge is 0.243 e. The predicted octanol–water partition coefficient (Wildman–Crippen LogP) is 0.241. The molecule has 2 atom stereocenters. The molecule has 1 aliphatic rings.